The summed E-state index contributed by atoms with van der Waals surface area (Å²) in [6.45, 7) is 4.25. The van der Waals surface area contributed by atoms with Crippen LogP contribution in [0.1, 0.15) is 43.9 Å². The zero-order chi connectivity index (χ0) is 16.3. The van der Waals surface area contributed by atoms with E-state index in [1.54, 1.807) is 30.2 Å². The smallest absolute Gasteiger partial charge is 0.339 e. The average Bonchev–Trinajstić information content (AvgIpc) is 3.13. The van der Waals surface area contributed by atoms with E-state index in [0.717, 1.165) is 10.6 Å². The Balaban J connectivity index is 2.29. The Hall–Kier alpha value is -2.08. The number of rotatable bonds is 5. The van der Waals surface area contributed by atoms with Gasteiger partial charge in [0, 0.05) is 17.6 Å². The van der Waals surface area contributed by atoms with Crippen LogP contribution in [0.15, 0.2) is 17.5 Å². The fourth-order valence-corrected chi connectivity index (χ4v) is 3.17. The summed E-state index contributed by atoms with van der Waals surface area (Å²) >= 11 is 1.61. The molecule has 6 heteroatoms. The zero-order valence-electron chi connectivity index (χ0n) is 13.2. The molecule has 5 nitrogen and oxygen atoms in total. The van der Waals surface area contributed by atoms with Crippen molar-refractivity contribution in [3.05, 3.63) is 44.9 Å². The van der Waals surface area contributed by atoms with E-state index >= 15 is 0 Å². The van der Waals surface area contributed by atoms with E-state index in [0.29, 0.717) is 29.8 Å². The number of nitrogens with one attached hydrogen (secondary N) is 1. The number of hydrogen-bond acceptors (Lipinski definition) is 4. The summed E-state index contributed by atoms with van der Waals surface area (Å²) in [5.74, 6) is -0.540. The van der Waals surface area contributed by atoms with Gasteiger partial charge in [-0.25, -0.2) is 4.79 Å². The fraction of sp³-hybridized carbons (Fsp3) is 0.375. The van der Waals surface area contributed by atoms with Crippen LogP contribution in [-0.4, -0.2) is 35.9 Å². The number of nitrogens with zero attached hydrogens (tertiary/aromatic N) is 1. The van der Waals surface area contributed by atoms with Crippen molar-refractivity contribution < 1.29 is 14.3 Å². The number of aryl methyl sites for hydroxylation is 1. The summed E-state index contributed by atoms with van der Waals surface area (Å²) in [4.78, 5) is 30.4. The van der Waals surface area contributed by atoms with Crippen LogP contribution >= 0.6 is 11.3 Å². The SMILES string of the molecule is CCc1[nH]c(C(=O)N(C)Cc2cccs2)c(C)c1C(=O)OC. The van der Waals surface area contributed by atoms with E-state index in [-0.39, 0.29) is 5.91 Å². The van der Waals surface area contributed by atoms with Crippen LogP contribution in [0.4, 0.5) is 0 Å². The van der Waals surface area contributed by atoms with E-state index in [2.05, 4.69) is 4.98 Å². The van der Waals surface area contributed by atoms with Gasteiger partial charge in [-0.05, 0) is 30.4 Å². The summed E-state index contributed by atoms with van der Waals surface area (Å²) in [7, 11) is 3.10. The molecule has 2 rings (SSSR count). The highest BCUT2D eigenvalue weighted by molar-refractivity contribution is 7.09. The number of ether oxygens (including phenoxy) is 1. The van der Waals surface area contributed by atoms with Crippen LogP contribution in [0, 0.1) is 6.92 Å². The zero-order valence-corrected chi connectivity index (χ0v) is 14.0. The molecule has 2 heterocycles. The Labute approximate surface area is 133 Å². The van der Waals surface area contributed by atoms with Gasteiger partial charge in [-0.2, -0.15) is 0 Å². The highest BCUT2D eigenvalue weighted by Gasteiger charge is 2.25. The van der Waals surface area contributed by atoms with Gasteiger partial charge in [0.2, 0.25) is 0 Å². The monoisotopic (exact) mass is 320 g/mol. The molecule has 1 amide bonds. The predicted octanol–water partition coefficient (Wildman–Crippen LogP) is 3.01. The first-order chi connectivity index (χ1) is 10.5. The van der Waals surface area contributed by atoms with Crippen LogP contribution in [0.5, 0.6) is 0 Å². The molecule has 1 N–H and O–H groups in total. The summed E-state index contributed by atoms with van der Waals surface area (Å²) in [5.41, 5.74) is 2.30. The predicted molar refractivity (Wildman–Crippen MR) is 86.4 cm³/mol. The summed E-state index contributed by atoms with van der Waals surface area (Å²) < 4.78 is 4.82. The molecular weight excluding hydrogens is 300 g/mol. The van der Waals surface area contributed by atoms with Gasteiger partial charge in [0.25, 0.3) is 5.91 Å². The molecule has 0 atom stereocenters. The number of carbonyl (C=O) groups is 2. The molecule has 0 unspecified atom stereocenters. The molecular formula is C16H20N2O3S. The molecule has 0 aliphatic heterocycles. The third-order valence-corrected chi connectivity index (χ3v) is 4.47. The topological polar surface area (TPSA) is 62.4 Å². The Morgan fingerprint density at radius 3 is 2.68 bits per heavy atom. The maximum Gasteiger partial charge on any atom is 0.339 e. The lowest BCUT2D eigenvalue weighted by Crippen LogP contribution is -2.26. The minimum atomic E-state index is -0.412. The molecule has 0 radical (unpaired) electrons. The summed E-state index contributed by atoms with van der Waals surface area (Å²) in [6, 6.07) is 3.95. The van der Waals surface area contributed by atoms with Gasteiger partial charge < -0.3 is 14.6 Å². The number of hydrogen-bond donors (Lipinski definition) is 1. The first kappa shape index (κ1) is 16.3. The standard InChI is InChI=1S/C16H20N2O3S/c1-5-12-13(16(20)21-4)10(2)14(17-12)15(19)18(3)9-11-7-6-8-22-11/h6-8,17H,5,9H2,1-4H3. The molecule has 0 aliphatic rings. The second-order valence-corrected chi connectivity index (χ2v) is 6.10. The van der Waals surface area contributed by atoms with Gasteiger partial charge in [-0.3, -0.25) is 4.79 Å². The van der Waals surface area contributed by atoms with E-state index in [1.165, 1.54) is 7.11 Å². The van der Waals surface area contributed by atoms with E-state index < -0.39 is 5.97 Å². The maximum absolute atomic E-state index is 12.6. The van der Waals surface area contributed by atoms with Gasteiger partial charge in [-0.1, -0.05) is 13.0 Å². The number of H-pyrrole nitrogens is 1. The normalized spacial score (nSPS) is 10.5. The van der Waals surface area contributed by atoms with Crippen molar-refractivity contribution in [1.82, 2.24) is 9.88 Å². The number of thiophene rings is 1. The van der Waals surface area contributed by atoms with E-state index in [1.807, 2.05) is 24.4 Å². The van der Waals surface area contributed by atoms with Crippen molar-refractivity contribution in [2.75, 3.05) is 14.2 Å². The number of carbonyl (C=O) groups excluding carboxylic acids is 2. The van der Waals surface area contributed by atoms with Crippen molar-refractivity contribution in [2.24, 2.45) is 0 Å². The summed E-state index contributed by atoms with van der Waals surface area (Å²) in [5, 5.41) is 1.98. The summed E-state index contributed by atoms with van der Waals surface area (Å²) in [6.07, 6.45) is 0.632. The minimum absolute atomic E-state index is 0.129. The molecule has 118 valence electrons. The van der Waals surface area contributed by atoms with Crippen LogP contribution in [-0.2, 0) is 17.7 Å². The molecule has 0 aliphatic carbocycles. The average molecular weight is 320 g/mol. The third kappa shape index (κ3) is 3.06. The molecule has 0 aromatic carbocycles. The van der Waals surface area contributed by atoms with Crippen LogP contribution in [0.25, 0.3) is 0 Å². The number of aromatic amines is 1. The van der Waals surface area contributed by atoms with Gasteiger partial charge >= 0.3 is 5.97 Å². The largest absolute Gasteiger partial charge is 0.465 e. The maximum atomic E-state index is 12.6. The van der Waals surface area contributed by atoms with Crippen LogP contribution < -0.4 is 0 Å². The first-order valence-electron chi connectivity index (χ1n) is 7.07. The lowest BCUT2D eigenvalue weighted by molar-refractivity contribution is 0.0599. The molecule has 0 saturated carbocycles. The van der Waals surface area contributed by atoms with Crippen molar-refractivity contribution in [3.8, 4) is 0 Å². The molecule has 0 spiro atoms. The van der Waals surface area contributed by atoms with Crippen molar-refractivity contribution >= 4 is 23.2 Å². The Kier molecular flexibility index (Phi) is 5.03. The lowest BCUT2D eigenvalue weighted by Gasteiger charge is -2.16. The molecule has 0 fully saturated rings. The molecule has 0 saturated heterocycles. The Bertz CT molecular complexity index is 674. The third-order valence-electron chi connectivity index (χ3n) is 3.60. The van der Waals surface area contributed by atoms with E-state index in [4.69, 9.17) is 4.74 Å². The van der Waals surface area contributed by atoms with Crippen LogP contribution in [0.3, 0.4) is 0 Å². The van der Waals surface area contributed by atoms with Crippen molar-refractivity contribution in [2.45, 2.75) is 26.8 Å². The van der Waals surface area contributed by atoms with Gasteiger partial charge in [0.05, 0.1) is 19.2 Å². The first-order valence-corrected chi connectivity index (χ1v) is 7.95. The number of esters is 1. The number of aromatic nitrogens is 1. The highest BCUT2D eigenvalue weighted by atomic mass is 32.1. The molecule has 0 bridgehead atoms. The van der Waals surface area contributed by atoms with Gasteiger partial charge in [0.1, 0.15) is 5.69 Å². The van der Waals surface area contributed by atoms with Crippen molar-refractivity contribution in [1.29, 1.82) is 0 Å². The highest BCUT2D eigenvalue weighted by Crippen LogP contribution is 2.22. The second kappa shape index (κ2) is 6.79. The molecule has 22 heavy (non-hydrogen) atoms. The fourth-order valence-electron chi connectivity index (χ4n) is 2.41. The Morgan fingerprint density at radius 1 is 1.41 bits per heavy atom. The van der Waals surface area contributed by atoms with Crippen LogP contribution in [0.2, 0.25) is 0 Å². The number of amides is 1. The van der Waals surface area contributed by atoms with Gasteiger partial charge in [-0.15, -0.1) is 11.3 Å². The number of methoxy groups -OCH3 is 1. The molecule has 2 aromatic heterocycles. The van der Waals surface area contributed by atoms with E-state index in [9.17, 15) is 9.59 Å². The second-order valence-electron chi connectivity index (χ2n) is 5.06. The van der Waals surface area contributed by atoms with Gasteiger partial charge in [0.15, 0.2) is 0 Å². The Morgan fingerprint density at radius 2 is 2.14 bits per heavy atom. The molecule has 2 aromatic rings. The quantitative estimate of drug-likeness (QED) is 0.861. The minimum Gasteiger partial charge on any atom is -0.465 e. The lowest BCUT2D eigenvalue weighted by atomic mass is 10.1. The van der Waals surface area contributed by atoms with Crippen molar-refractivity contribution in [3.63, 3.8) is 0 Å².